The first-order valence-corrected chi connectivity index (χ1v) is 12.7. The van der Waals surface area contributed by atoms with Crippen molar-refractivity contribution >= 4 is 11.8 Å². The van der Waals surface area contributed by atoms with Crippen molar-refractivity contribution in [2.45, 2.75) is 64.2 Å². The molecule has 4 N–H and O–H groups in total. The molecule has 2 aliphatic carbocycles. The summed E-state index contributed by atoms with van der Waals surface area (Å²) in [6.45, 7) is 0.953. The topological polar surface area (TPSA) is 98.7 Å². The summed E-state index contributed by atoms with van der Waals surface area (Å²) in [5.74, 6) is 1.02. The number of phenolic OH excluding ortho intramolecular Hbond substituents is 2. The Labute approximate surface area is 201 Å². The number of rotatable bonds is 10. The zero-order valence-corrected chi connectivity index (χ0v) is 19.8. The molecule has 0 heterocycles. The van der Waals surface area contributed by atoms with E-state index in [-0.39, 0.29) is 29.2 Å². The van der Waals surface area contributed by atoms with Gasteiger partial charge in [0.1, 0.15) is 11.5 Å². The Kier molecular flexibility index (Phi) is 8.09. The summed E-state index contributed by atoms with van der Waals surface area (Å²) in [5.41, 5.74) is 2.91. The van der Waals surface area contributed by atoms with Crippen LogP contribution in [0.3, 0.4) is 0 Å². The van der Waals surface area contributed by atoms with Crippen molar-refractivity contribution in [1.82, 2.24) is 10.6 Å². The van der Waals surface area contributed by atoms with E-state index < -0.39 is 0 Å². The molecule has 0 unspecified atom stereocenters. The maximum atomic E-state index is 12.4. The third kappa shape index (κ3) is 5.91. The van der Waals surface area contributed by atoms with Crippen LogP contribution in [0.25, 0.3) is 11.1 Å². The van der Waals surface area contributed by atoms with Gasteiger partial charge in [0.05, 0.1) is 0 Å². The van der Waals surface area contributed by atoms with Gasteiger partial charge in [-0.05, 0) is 67.7 Å². The summed E-state index contributed by atoms with van der Waals surface area (Å²) in [4.78, 5) is 24.6. The molecule has 0 bridgehead atoms. The third-order valence-electron chi connectivity index (χ3n) is 7.34. The largest absolute Gasteiger partial charge is 0.507 e. The number of amides is 2. The minimum Gasteiger partial charge on any atom is -0.507 e. The van der Waals surface area contributed by atoms with Crippen LogP contribution in [-0.2, 0) is 22.4 Å². The highest BCUT2D eigenvalue weighted by Crippen LogP contribution is 2.40. The lowest BCUT2D eigenvalue weighted by molar-refractivity contribution is -0.125. The van der Waals surface area contributed by atoms with E-state index in [4.69, 9.17) is 0 Å². The molecule has 0 spiro atoms. The van der Waals surface area contributed by atoms with E-state index in [1.54, 1.807) is 24.3 Å². The summed E-state index contributed by atoms with van der Waals surface area (Å²) >= 11 is 0. The molecule has 0 aromatic heterocycles. The van der Waals surface area contributed by atoms with Gasteiger partial charge < -0.3 is 20.8 Å². The van der Waals surface area contributed by atoms with Gasteiger partial charge in [-0.15, -0.1) is 0 Å². The van der Waals surface area contributed by atoms with Crippen molar-refractivity contribution in [3.8, 4) is 22.6 Å². The van der Waals surface area contributed by atoms with Gasteiger partial charge in [-0.25, -0.2) is 0 Å². The molecule has 2 fully saturated rings. The van der Waals surface area contributed by atoms with Crippen molar-refractivity contribution in [2.24, 2.45) is 11.8 Å². The van der Waals surface area contributed by atoms with Gasteiger partial charge in [0, 0.05) is 36.6 Å². The Bertz CT molecular complexity index is 1010. The molecule has 0 atom stereocenters. The number of aromatic hydroxyl groups is 2. The summed E-state index contributed by atoms with van der Waals surface area (Å²) in [5, 5.41) is 27.5. The molecule has 6 heteroatoms. The van der Waals surface area contributed by atoms with Crippen molar-refractivity contribution in [1.29, 1.82) is 0 Å². The first-order chi connectivity index (χ1) is 16.5. The Morgan fingerprint density at radius 2 is 1.32 bits per heavy atom. The van der Waals surface area contributed by atoms with Gasteiger partial charge in [-0.2, -0.15) is 0 Å². The molecule has 2 aromatic rings. The van der Waals surface area contributed by atoms with Crippen LogP contribution >= 0.6 is 0 Å². The van der Waals surface area contributed by atoms with E-state index in [9.17, 15) is 19.8 Å². The van der Waals surface area contributed by atoms with Crippen molar-refractivity contribution in [3.05, 3.63) is 47.5 Å². The predicted octanol–water partition coefficient (Wildman–Crippen LogP) is 4.46. The molecule has 2 saturated carbocycles. The van der Waals surface area contributed by atoms with Gasteiger partial charge in [0.15, 0.2) is 0 Å². The number of carbonyl (C=O) groups is 2. The van der Waals surface area contributed by atoms with Gasteiger partial charge >= 0.3 is 0 Å². The fraction of sp³-hybridized carbons (Fsp3) is 0.500. The van der Waals surface area contributed by atoms with Gasteiger partial charge in [0.2, 0.25) is 11.8 Å². The van der Waals surface area contributed by atoms with Crippen LogP contribution in [0, 0.1) is 11.8 Å². The summed E-state index contributed by atoms with van der Waals surface area (Å²) in [6, 6.07) is 10.6. The zero-order valence-electron chi connectivity index (χ0n) is 19.8. The highest BCUT2D eigenvalue weighted by Gasteiger charge is 2.23. The van der Waals surface area contributed by atoms with E-state index in [1.807, 2.05) is 12.1 Å². The van der Waals surface area contributed by atoms with Gasteiger partial charge in [-0.3, -0.25) is 9.59 Å². The maximum absolute atomic E-state index is 12.4. The standard InChI is InChI=1S/C28H36N2O4/c31-23-12-4-10-20(14-16-29-25(33)18-19-6-3-7-19)26(23)27-21(11-5-13-24(27)32)15-17-30-28(34)22-8-1-2-9-22/h4-5,10-13,19,22,31-32H,1-3,6-9,14-18H2,(H,29,33)(H,30,34). The van der Waals surface area contributed by atoms with Crippen molar-refractivity contribution < 1.29 is 19.8 Å². The average molecular weight is 465 g/mol. The van der Waals surface area contributed by atoms with Crippen LogP contribution in [0.1, 0.15) is 62.5 Å². The van der Waals surface area contributed by atoms with Crippen LogP contribution < -0.4 is 10.6 Å². The van der Waals surface area contributed by atoms with Crippen LogP contribution in [0.5, 0.6) is 11.5 Å². The highest BCUT2D eigenvalue weighted by molar-refractivity contribution is 5.82. The summed E-state index contributed by atoms with van der Waals surface area (Å²) < 4.78 is 0. The molecular formula is C28H36N2O4. The van der Waals surface area contributed by atoms with E-state index in [0.717, 1.165) is 49.7 Å². The van der Waals surface area contributed by atoms with Crippen LogP contribution in [0.4, 0.5) is 0 Å². The first kappa shape index (κ1) is 24.1. The van der Waals surface area contributed by atoms with Crippen LogP contribution in [-0.4, -0.2) is 35.1 Å². The maximum Gasteiger partial charge on any atom is 0.223 e. The summed E-state index contributed by atoms with van der Waals surface area (Å²) in [7, 11) is 0. The lowest BCUT2D eigenvalue weighted by Gasteiger charge is -2.24. The predicted molar refractivity (Wildman–Crippen MR) is 133 cm³/mol. The minimum atomic E-state index is 0.0765. The smallest absolute Gasteiger partial charge is 0.223 e. The average Bonchev–Trinajstić information content (AvgIpc) is 3.33. The Morgan fingerprint density at radius 1 is 0.765 bits per heavy atom. The SMILES string of the molecule is O=C(CC1CCC1)NCCc1cccc(O)c1-c1c(O)cccc1CCNC(=O)C1CCCC1. The molecule has 0 radical (unpaired) electrons. The number of hydrogen-bond donors (Lipinski definition) is 4. The molecule has 2 amide bonds. The second kappa shape index (κ2) is 11.4. The Balaban J connectivity index is 1.45. The third-order valence-corrected chi connectivity index (χ3v) is 7.34. The molecule has 0 saturated heterocycles. The number of carbonyl (C=O) groups excluding carboxylic acids is 2. The van der Waals surface area contributed by atoms with Crippen molar-refractivity contribution in [3.63, 3.8) is 0 Å². The molecule has 0 aliphatic heterocycles. The van der Waals surface area contributed by atoms with Crippen LogP contribution in [0.15, 0.2) is 36.4 Å². The van der Waals surface area contributed by atoms with E-state index in [1.165, 1.54) is 6.42 Å². The molecule has 6 nitrogen and oxygen atoms in total. The lowest BCUT2D eigenvalue weighted by atomic mass is 9.83. The molecule has 2 aromatic carbocycles. The fourth-order valence-electron chi connectivity index (χ4n) is 5.19. The Morgan fingerprint density at radius 3 is 1.85 bits per heavy atom. The van der Waals surface area contributed by atoms with E-state index >= 15 is 0 Å². The molecule has 34 heavy (non-hydrogen) atoms. The second-order valence-corrected chi connectivity index (χ2v) is 9.75. The van der Waals surface area contributed by atoms with Crippen molar-refractivity contribution in [2.75, 3.05) is 13.1 Å². The molecule has 2 aliphatic rings. The second-order valence-electron chi connectivity index (χ2n) is 9.75. The normalized spacial score (nSPS) is 16.2. The van der Waals surface area contributed by atoms with Crippen LogP contribution in [0.2, 0.25) is 0 Å². The quantitative estimate of drug-likeness (QED) is 0.417. The molecule has 4 rings (SSSR count). The van der Waals surface area contributed by atoms with E-state index in [0.29, 0.717) is 49.4 Å². The lowest BCUT2D eigenvalue weighted by Crippen LogP contribution is -2.31. The highest BCUT2D eigenvalue weighted by atomic mass is 16.3. The first-order valence-electron chi connectivity index (χ1n) is 12.7. The monoisotopic (exact) mass is 464 g/mol. The number of hydrogen-bond acceptors (Lipinski definition) is 4. The fourth-order valence-corrected chi connectivity index (χ4v) is 5.19. The van der Waals surface area contributed by atoms with Gasteiger partial charge in [-0.1, -0.05) is 43.5 Å². The molecular weight excluding hydrogens is 428 g/mol. The number of phenols is 2. The zero-order chi connectivity index (χ0) is 23.9. The summed E-state index contributed by atoms with van der Waals surface area (Å²) in [6.07, 6.45) is 9.34. The van der Waals surface area contributed by atoms with E-state index in [2.05, 4.69) is 10.6 Å². The molecule has 182 valence electrons. The number of benzene rings is 2. The minimum absolute atomic E-state index is 0.0765. The van der Waals surface area contributed by atoms with Gasteiger partial charge in [0.25, 0.3) is 0 Å². The Hall–Kier alpha value is -3.02. The number of nitrogens with one attached hydrogen (secondary N) is 2.